The molecule has 2 aromatic rings. The van der Waals surface area contributed by atoms with Crippen molar-refractivity contribution in [1.29, 1.82) is 0 Å². The van der Waals surface area contributed by atoms with Crippen LogP contribution in [0.15, 0.2) is 36.4 Å². The number of hydrogen-bond acceptors (Lipinski definition) is 2. The van der Waals surface area contributed by atoms with Gasteiger partial charge in [-0.2, -0.15) is 0 Å². The summed E-state index contributed by atoms with van der Waals surface area (Å²) in [6.45, 7) is 1.76. The Morgan fingerprint density at radius 1 is 1.20 bits per heavy atom. The number of ether oxygens (including phenoxy) is 1. The summed E-state index contributed by atoms with van der Waals surface area (Å²) in [6.07, 6.45) is 0. The van der Waals surface area contributed by atoms with Crippen molar-refractivity contribution in [3.8, 4) is 5.75 Å². The van der Waals surface area contributed by atoms with Crippen molar-refractivity contribution in [2.24, 2.45) is 5.73 Å². The molecular formula is C15H14ClF2NO. The molecule has 0 amide bonds. The van der Waals surface area contributed by atoms with Crippen LogP contribution in [0.4, 0.5) is 8.78 Å². The monoisotopic (exact) mass is 297 g/mol. The smallest absolute Gasteiger partial charge is 0.165 e. The lowest BCUT2D eigenvalue weighted by molar-refractivity contribution is 0.289. The molecule has 2 nitrogen and oxygen atoms in total. The summed E-state index contributed by atoms with van der Waals surface area (Å²) >= 11 is 5.91. The molecular weight excluding hydrogens is 284 g/mol. The predicted octanol–water partition coefficient (Wildman–Crippen LogP) is 4.22. The van der Waals surface area contributed by atoms with E-state index in [2.05, 4.69) is 0 Å². The maximum absolute atomic E-state index is 13.8. The number of halogens is 3. The number of nitrogens with two attached hydrogens (primary N) is 1. The van der Waals surface area contributed by atoms with Crippen molar-refractivity contribution < 1.29 is 13.5 Å². The standard InChI is InChI=1S/C15H14ClF2NO/c1-9(19)10-2-5-15(14(18)7-10)20-8-11-6-12(17)3-4-13(11)16/h2-7,9H,8,19H2,1H3. The van der Waals surface area contributed by atoms with E-state index in [1.165, 1.54) is 30.3 Å². The first kappa shape index (κ1) is 14.8. The second-order valence-electron chi connectivity index (χ2n) is 4.50. The van der Waals surface area contributed by atoms with Crippen molar-refractivity contribution in [2.45, 2.75) is 19.6 Å². The van der Waals surface area contributed by atoms with Gasteiger partial charge in [0.05, 0.1) is 0 Å². The van der Waals surface area contributed by atoms with Gasteiger partial charge >= 0.3 is 0 Å². The van der Waals surface area contributed by atoms with E-state index >= 15 is 0 Å². The molecule has 2 aromatic carbocycles. The summed E-state index contributed by atoms with van der Waals surface area (Å²) in [7, 11) is 0. The highest BCUT2D eigenvalue weighted by atomic mass is 35.5. The van der Waals surface area contributed by atoms with Gasteiger partial charge in [0.1, 0.15) is 12.4 Å². The average Bonchev–Trinajstić information content (AvgIpc) is 2.40. The Morgan fingerprint density at radius 2 is 1.95 bits per heavy atom. The van der Waals surface area contributed by atoms with Gasteiger partial charge in [-0.05, 0) is 42.8 Å². The first-order valence-electron chi connectivity index (χ1n) is 6.09. The first-order valence-corrected chi connectivity index (χ1v) is 6.47. The second-order valence-corrected chi connectivity index (χ2v) is 4.91. The molecule has 2 rings (SSSR count). The maximum Gasteiger partial charge on any atom is 0.165 e. The quantitative estimate of drug-likeness (QED) is 0.917. The molecule has 5 heteroatoms. The third kappa shape index (κ3) is 3.46. The third-order valence-electron chi connectivity index (χ3n) is 2.87. The molecule has 2 N–H and O–H groups in total. The molecule has 0 aliphatic heterocycles. The minimum atomic E-state index is -0.507. The zero-order valence-electron chi connectivity index (χ0n) is 10.9. The van der Waals surface area contributed by atoms with Crippen molar-refractivity contribution in [3.63, 3.8) is 0 Å². The number of rotatable bonds is 4. The number of hydrogen-bond donors (Lipinski definition) is 1. The fraction of sp³-hybridized carbons (Fsp3) is 0.200. The maximum atomic E-state index is 13.8. The number of benzene rings is 2. The topological polar surface area (TPSA) is 35.2 Å². The van der Waals surface area contributed by atoms with E-state index in [-0.39, 0.29) is 18.4 Å². The van der Waals surface area contributed by atoms with Crippen LogP contribution in [0.3, 0.4) is 0 Å². The average molecular weight is 298 g/mol. The third-order valence-corrected chi connectivity index (χ3v) is 3.24. The van der Waals surface area contributed by atoms with Crippen LogP contribution in [0.2, 0.25) is 5.02 Å². The largest absolute Gasteiger partial charge is 0.486 e. The van der Waals surface area contributed by atoms with Crippen molar-refractivity contribution in [2.75, 3.05) is 0 Å². The van der Waals surface area contributed by atoms with Gasteiger partial charge in [-0.25, -0.2) is 8.78 Å². The molecule has 1 atom stereocenters. The Bertz CT molecular complexity index is 617. The highest BCUT2D eigenvalue weighted by molar-refractivity contribution is 6.31. The van der Waals surface area contributed by atoms with Gasteiger partial charge in [-0.3, -0.25) is 0 Å². The van der Waals surface area contributed by atoms with E-state index < -0.39 is 11.6 Å². The zero-order valence-corrected chi connectivity index (χ0v) is 11.6. The van der Waals surface area contributed by atoms with Gasteiger partial charge in [-0.15, -0.1) is 0 Å². The molecule has 0 aliphatic rings. The minimum Gasteiger partial charge on any atom is -0.486 e. The van der Waals surface area contributed by atoms with Crippen LogP contribution >= 0.6 is 11.6 Å². The zero-order chi connectivity index (χ0) is 14.7. The Balaban J connectivity index is 2.13. The molecule has 0 heterocycles. The fourth-order valence-corrected chi connectivity index (χ4v) is 1.90. The van der Waals surface area contributed by atoms with E-state index in [1.54, 1.807) is 13.0 Å². The van der Waals surface area contributed by atoms with Crippen LogP contribution < -0.4 is 10.5 Å². The predicted molar refractivity (Wildman–Crippen MR) is 74.7 cm³/mol. The normalized spacial score (nSPS) is 12.2. The van der Waals surface area contributed by atoms with Gasteiger partial charge in [0.15, 0.2) is 11.6 Å². The summed E-state index contributed by atoms with van der Waals surface area (Å²) in [5, 5.41) is 0.374. The Hall–Kier alpha value is -1.65. The molecule has 1 unspecified atom stereocenters. The van der Waals surface area contributed by atoms with E-state index in [0.29, 0.717) is 16.1 Å². The second kappa shape index (κ2) is 6.20. The van der Waals surface area contributed by atoms with Gasteiger partial charge in [-0.1, -0.05) is 17.7 Å². The summed E-state index contributed by atoms with van der Waals surface area (Å²) in [4.78, 5) is 0. The van der Waals surface area contributed by atoms with Gasteiger partial charge in [0.2, 0.25) is 0 Å². The lowest BCUT2D eigenvalue weighted by atomic mass is 10.1. The van der Waals surface area contributed by atoms with Crippen molar-refractivity contribution >= 4 is 11.6 Å². The SMILES string of the molecule is CC(N)c1ccc(OCc2cc(F)ccc2Cl)c(F)c1. The molecule has 0 spiro atoms. The van der Waals surface area contributed by atoms with Gasteiger partial charge < -0.3 is 10.5 Å². The molecule has 0 saturated carbocycles. The summed E-state index contributed by atoms with van der Waals surface area (Å²) < 4.78 is 32.2. The lowest BCUT2D eigenvalue weighted by Crippen LogP contribution is -2.06. The van der Waals surface area contributed by atoms with Crippen LogP contribution in [0.25, 0.3) is 0 Å². The Morgan fingerprint density at radius 3 is 2.60 bits per heavy atom. The molecule has 0 saturated heterocycles. The molecule has 0 bridgehead atoms. The summed E-state index contributed by atoms with van der Waals surface area (Å²) in [5.41, 5.74) is 6.81. The molecule has 20 heavy (non-hydrogen) atoms. The highest BCUT2D eigenvalue weighted by Gasteiger charge is 2.09. The van der Waals surface area contributed by atoms with Crippen LogP contribution in [-0.4, -0.2) is 0 Å². The van der Waals surface area contributed by atoms with Gasteiger partial charge in [0, 0.05) is 16.6 Å². The first-order chi connectivity index (χ1) is 9.47. The fourth-order valence-electron chi connectivity index (χ4n) is 1.73. The lowest BCUT2D eigenvalue weighted by Gasteiger charge is -2.11. The Labute approximate surface area is 121 Å². The van der Waals surface area contributed by atoms with Crippen LogP contribution in [0.1, 0.15) is 24.1 Å². The molecule has 0 radical (unpaired) electrons. The highest BCUT2D eigenvalue weighted by Crippen LogP contribution is 2.24. The van der Waals surface area contributed by atoms with Crippen molar-refractivity contribution in [3.05, 3.63) is 64.2 Å². The van der Waals surface area contributed by atoms with E-state index in [0.717, 1.165) is 0 Å². The Kier molecular flexibility index (Phi) is 4.57. The van der Waals surface area contributed by atoms with Crippen LogP contribution in [0, 0.1) is 11.6 Å². The molecule has 106 valence electrons. The van der Waals surface area contributed by atoms with E-state index in [1.807, 2.05) is 0 Å². The molecule has 0 aliphatic carbocycles. The van der Waals surface area contributed by atoms with Gasteiger partial charge in [0.25, 0.3) is 0 Å². The minimum absolute atomic E-state index is 0.00889. The van der Waals surface area contributed by atoms with Crippen LogP contribution in [-0.2, 0) is 6.61 Å². The summed E-state index contributed by atoms with van der Waals surface area (Å²) in [6, 6.07) is 8.21. The van der Waals surface area contributed by atoms with Crippen molar-refractivity contribution in [1.82, 2.24) is 0 Å². The van der Waals surface area contributed by atoms with E-state index in [9.17, 15) is 8.78 Å². The molecule has 0 fully saturated rings. The summed E-state index contributed by atoms with van der Waals surface area (Å²) in [5.74, 6) is -0.845. The van der Waals surface area contributed by atoms with Crippen LogP contribution in [0.5, 0.6) is 5.75 Å². The molecule has 0 aromatic heterocycles. The van der Waals surface area contributed by atoms with E-state index in [4.69, 9.17) is 22.1 Å².